The number of rotatable bonds is 8. The van der Waals surface area contributed by atoms with Crippen molar-refractivity contribution in [1.82, 2.24) is 0 Å². The number of hydrogen-bond donors (Lipinski definition) is 2. The van der Waals surface area contributed by atoms with E-state index in [4.69, 9.17) is 11.5 Å². The van der Waals surface area contributed by atoms with Gasteiger partial charge in [0.2, 0.25) is 11.8 Å². The van der Waals surface area contributed by atoms with Crippen LogP contribution in [0.25, 0.3) is 0 Å². The first kappa shape index (κ1) is 25.4. The molecule has 188 valence electrons. The number of fused-ring (bicyclic) bond motifs is 1. The molecule has 2 aromatic rings. The second-order valence-corrected chi connectivity index (χ2v) is 11.0. The first-order valence-corrected chi connectivity index (χ1v) is 13.4. The fourth-order valence-electron chi connectivity index (χ4n) is 6.00. The lowest BCUT2D eigenvalue weighted by Gasteiger charge is -2.37. The van der Waals surface area contributed by atoms with Crippen molar-refractivity contribution in [3.8, 4) is 0 Å². The summed E-state index contributed by atoms with van der Waals surface area (Å²) in [6.07, 6.45) is 8.73. The molecular formula is C30H41N3O2. The highest BCUT2D eigenvalue weighted by Crippen LogP contribution is 2.38. The summed E-state index contributed by atoms with van der Waals surface area (Å²) >= 11 is 0. The molecule has 2 atom stereocenters. The third-order valence-corrected chi connectivity index (χ3v) is 8.27. The summed E-state index contributed by atoms with van der Waals surface area (Å²) in [4.78, 5) is 28.7. The molecule has 5 heteroatoms. The highest BCUT2D eigenvalue weighted by Gasteiger charge is 2.48. The second-order valence-electron chi connectivity index (χ2n) is 11.0. The molecule has 4 N–H and O–H groups in total. The van der Waals surface area contributed by atoms with E-state index in [1.165, 1.54) is 37.7 Å². The molecule has 35 heavy (non-hydrogen) atoms. The molecule has 5 nitrogen and oxygen atoms in total. The minimum absolute atomic E-state index is 0.192. The van der Waals surface area contributed by atoms with Crippen molar-refractivity contribution in [1.29, 1.82) is 0 Å². The lowest BCUT2D eigenvalue weighted by atomic mass is 9.74. The quantitative estimate of drug-likeness (QED) is 0.532. The second kappa shape index (κ2) is 10.9. The molecule has 0 aromatic heterocycles. The van der Waals surface area contributed by atoms with Gasteiger partial charge in [-0.05, 0) is 60.3 Å². The molecule has 4 rings (SSSR count). The Morgan fingerprint density at radius 2 is 1.74 bits per heavy atom. The van der Waals surface area contributed by atoms with Gasteiger partial charge in [-0.2, -0.15) is 0 Å². The van der Waals surface area contributed by atoms with Crippen LogP contribution in [0.4, 0.5) is 5.69 Å². The van der Waals surface area contributed by atoms with Gasteiger partial charge in [-0.1, -0.05) is 88.4 Å². The molecule has 2 amide bonds. The van der Waals surface area contributed by atoms with Crippen LogP contribution in [-0.4, -0.2) is 17.4 Å². The smallest absolute Gasteiger partial charge is 0.248 e. The fourth-order valence-corrected chi connectivity index (χ4v) is 6.00. The molecule has 1 saturated carbocycles. The number of benzene rings is 2. The minimum Gasteiger partial charge on any atom is -0.369 e. The number of nitrogens with two attached hydrogens (primary N) is 2. The van der Waals surface area contributed by atoms with Crippen molar-refractivity contribution >= 4 is 17.5 Å². The topological polar surface area (TPSA) is 89.4 Å². The summed E-state index contributed by atoms with van der Waals surface area (Å²) in [5, 5.41) is 0. The molecule has 0 spiro atoms. The summed E-state index contributed by atoms with van der Waals surface area (Å²) in [5.41, 5.74) is 15.9. The van der Waals surface area contributed by atoms with Crippen molar-refractivity contribution in [2.24, 2.45) is 23.3 Å². The molecule has 2 aromatic carbocycles. The van der Waals surface area contributed by atoms with Gasteiger partial charge in [0.15, 0.2) is 0 Å². The molecule has 1 aliphatic heterocycles. The van der Waals surface area contributed by atoms with E-state index in [0.29, 0.717) is 37.6 Å². The summed E-state index contributed by atoms with van der Waals surface area (Å²) in [5.74, 6) is -0.270. The SMILES string of the molecule is CC(C)c1ccc(CN2C(=O)[C@@](N)([C@H](CCC3CCCCC3)C(N)=O)CCc3ccccc32)cc1. The van der Waals surface area contributed by atoms with Crippen LogP contribution in [0.15, 0.2) is 48.5 Å². The maximum atomic E-state index is 14.2. The van der Waals surface area contributed by atoms with Gasteiger partial charge >= 0.3 is 0 Å². The molecule has 1 heterocycles. The summed E-state index contributed by atoms with van der Waals surface area (Å²) in [7, 11) is 0. The number of para-hydroxylation sites is 1. The number of aryl methyl sites for hydroxylation is 1. The number of carbonyl (C=O) groups is 2. The Kier molecular flexibility index (Phi) is 7.95. The Hall–Kier alpha value is -2.66. The Balaban J connectivity index is 1.63. The Bertz CT molecular complexity index is 1030. The van der Waals surface area contributed by atoms with Gasteiger partial charge in [-0.25, -0.2) is 0 Å². The Labute approximate surface area is 210 Å². The number of primary amides is 1. The third kappa shape index (κ3) is 5.61. The maximum absolute atomic E-state index is 14.2. The van der Waals surface area contributed by atoms with E-state index in [0.717, 1.165) is 23.2 Å². The van der Waals surface area contributed by atoms with Gasteiger partial charge in [-0.3, -0.25) is 9.59 Å². The van der Waals surface area contributed by atoms with Gasteiger partial charge in [0.1, 0.15) is 5.54 Å². The van der Waals surface area contributed by atoms with E-state index in [2.05, 4.69) is 44.2 Å². The molecule has 0 saturated heterocycles. The molecule has 0 bridgehead atoms. The minimum atomic E-state index is -1.31. The summed E-state index contributed by atoms with van der Waals surface area (Å²) in [6, 6.07) is 16.4. The average molecular weight is 476 g/mol. The first-order chi connectivity index (χ1) is 16.8. The van der Waals surface area contributed by atoms with Crippen molar-refractivity contribution in [2.75, 3.05) is 4.90 Å². The van der Waals surface area contributed by atoms with Gasteiger partial charge in [-0.15, -0.1) is 0 Å². The van der Waals surface area contributed by atoms with Crippen LogP contribution < -0.4 is 16.4 Å². The number of amides is 2. The largest absolute Gasteiger partial charge is 0.369 e. The highest BCUT2D eigenvalue weighted by atomic mass is 16.2. The predicted molar refractivity (Wildman–Crippen MR) is 142 cm³/mol. The number of hydrogen-bond acceptors (Lipinski definition) is 3. The third-order valence-electron chi connectivity index (χ3n) is 8.27. The average Bonchev–Trinajstić information content (AvgIpc) is 2.96. The number of carbonyl (C=O) groups excluding carboxylic acids is 2. The van der Waals surface area contributed by atoms with E-state index < -0.39 is 17.4 Å². The zero-order valence-corrected chi connectivity index (χ0v) is 21.3. The van der Waals surface area contributed by atoms with E-state index >= 15 is 0 Å². The van der Waals surface area contributed by atoms with Crippen molar-refractivity contribution in [3.05, 3.63) is 65.2 Å². The maximum Gasteiger partial charge on any atom is 0.248 e. The van der Waals surface area contributed by atoms with Gasteiger partial charge in [0.25, 0.3) is 0 Å². The van der Waals surface area contributed by atoms with Gasteiger partial charge < -0.3 is 16.4 Å². The van der Waals surface area contributed by atoms with E-state index in [9.17, 15) is 9.59 Å². The molecule has 1 fully saturated rings. The normalized spacial score (nSPS) is 22.1. The number of anilines is 1. The molecule has 0 unspecified atom stereocenters. The highest BCUT2D eigenvalue weighted by molar-refractivity contribution is 6.04. The van der Waals surface area contributed by atoms with Crippen LogP contribution in [-0.2, 0) is 22.6 Å². The lowest BCUT2D eigenvalue weighted by Crippen LogP contribution is -2.62. The molecule has 2 aliphatic rings. The van der Waals surface area contributed by atoms with Crippen LogP contribution in [0.3, 0.4) is 0 Å². The monoisotopic (exact) mass is 475 g/mol. The molecular weight excluding hydrogens is 434 g/mol. The molecule has 1 aliphatic carbocycles. The Morgan fingerprint density at radius 1 is 1.06 bits per heavy atom. The standard InChI is InChI=1S/C30H41N3O2/c1-21(2)24-15-12-23(13-16-24)20-33-27-11-7-6-10-25(27)18-19-30(32,29(33)35)26(28(31)34)17-14-22-8-4-3-5-9-22/h6-7,10-13,15-16,21-22,26H,3-5,8-9,14,17-20,32H2,1-2H3,(H2,31,34)/t26-,30+/m1/s1. The first-order valence-electron chi connectivity index (χ1n) is 13.4. The van der Waals surface area contributed by atoms with Crippen molar-refractivity contribution < 1.29 is 9.59 Å². The van der Waals surface area contributed by atoms with Gasteiger partial charge in [0, 0.05) is 5.69 Å². The van der Waals surface area contributed by atoms with E-state index in [1.54, 1.807) is 4.90 Å². The van der Waals surface area contributed by atoms with Crippen molar-refractivity contribution in [3.63, 3.8) is 0 Å². The number of nitrogens with zero attached hydrogens (tertiary/aromatic N) is 1. The van der Waals surface area contributed by atoms with E-state index in [-0.39, 0.29) is 5.91 Å². The predicted octanol–water partition coefficient (Wildman–Crippen LogP) is 5.45. The van der Waals surface area contributed by atoms with Crippen LogP contribution in [0.2, 0.25) is 0 Å². The van der Waals surface area contributed by atoms with Crippen molar-refractivity contribution in [2.45, 2.75) is 89.6 Å². The zero-order valence-electron chi connectivity index (χ0n) is 21.3. The zero-order chi connectivity index (χ0) is 25.0. The van der Waals surface area contributed by atoms with Crippen LogP contribution in [0.1, 0.15) is 87.8 Å². The van der Waals surface area contributed by atoms with Gasteiger partial charge in [0.05, 0.1) is 12.5 Å². The fraction of sp³-hybridized carbons (Fsp3) is 0.533. The lowest BCUT2D eigenvalue weighted by molar-refractivity contribution is -0.134. The van der Waals surface area contributed by atoms with Crippen LogP contribution >= 0.6 is 0 Å². The van der Waals surface area contributed by atoms with Crippen LogP contribution in [0, 0.1) is 11.8 Å². The Morgan fingerprint density at radius 3 is 2.40 bits per heavy atom. The van der Waals surface area contributed by atoms with Crippen LogP contribution in [0.5, 0.6) is 0 Å². The summed E-state index contributed by atoms with van der Waals surface area (Å²) < 4.78 is 0. The van der Waals surface area contributed by atoms with E-state index in [1.807, 2.05) is 18.2 Å². The molecule has 0 radical (unpaired) electrons. The summed E-state index contributed by atoms with van der Waals surface area (Å²) in [6.45, 7) is 4.76.